The van der Waals surface area contributed by atoms with Crippen LogP contribution >= 0.6 is 11.3 Å². The number of nitrogens with one attached hydrogen (secondary N) is 2. The summed E-state index contributed by atoms with van der Waals surface area (Å²) in [5, 5.41) is 23.8. The molecular formula is C26H32F3N9O2S. The molecule has 0 bridgehead atoms. The van der Waals surface area contributed by atoms with E-state index in [0.717, 1.165) is 30.9 Å². The smallest absolute Gasteiger partial charge is 0.406 e. The van der Waals surface area contributed by atoms with E-state index in [9.17, 15) is 18.0 Å². The molecule has 0 radical (unpaired) electrons. The van der Waals surface area contributed by atoms with E-state index < -0.39 is 6.36 Å². The summed E-state index contributed by atoms with van der Waals surface area (Å²) >= 11 is 1.30. The van der Waals surface area contributed by atoms with Gasteiger partial charge in [-0.3, -0.25) is 19.9 Å². The zero-order chi connectivity index (χ0) is 29.0. The fourth-order valence-corrected chi connectivity index (χ4v) is 6.07. The third-order valence-electron chi connectivity index (χ3n) is 7.14. The molecule has 3 atom stereocenters. The highest BCUT2D eigenvalue weighted by atomic mass is 32.1. The minimum atomic E-state index is -4.71. The maximum Gasteiger partial charge on any atom is 0.573 e. The fraction of sp³-hybridized carbons (Fsp3) is 0.500. The Hall–Kier alpha value is -3.56. The van der Waals surface area contributed by atoms with Gasteiger partial charge in [0.05, 0.1) is 6.54 Å². The third kappa shape index (κ3) is 8.01. The first-order valence-corrected chi connectivity index (χ1v) is 14.2. The average Bonchev–Trinajstić information content (AvgIpc) is 3.56. The lowest BCUT2D eigenvalue weighted by Crippen LogP contribution is -2.57. The van der Waals surface area contributed by atoms with Gasteiger partial charge in [-0.1, -0.05) is 23.5 Å². The SMILES string of the molecule is C[C@@H]1CN(CC(=O)Nc2nnc(N[C@@H]3CCN(c4cccnn4)C3)s2)C[C@H](C)N1Cc1ccc(OC(F)(F)F)cc1. The van der Waals surface area contributed by atoms with E-state index in [1.165, 1.54) is 23.5 Å². The summed E-state index contributed by atoms with van der Waals surface area (Å²) < 4.78 is 41.2. The molecule has 5 rings (SSSR count). The van der Waals surface area contributed by atoms with Crippen molar-refractivity contribution in [1.82, 2.24) is 30.2 Å². The van der Waals surface area contributed by atoms with Gasteiger partial charge in [-0.05, 0) is 50.1 Å². The Balaban J connectivity index is 1.06. The molecule has 2 N–H and O–H groups in total. The highest BCUT2D eigenvalue weighted by molar-refractivity contribution is 7.19. The number of alkyl halides is 3. The summed E-state index contributed by atoms with van der Waals surface area (Å²) in [6.07, 6.45) is -2.13. The maximum absolute atomic E-state index is 12.8. The van der Waals surface area contributed by atoms with Crippen molar-refractivity contribution < 1.29 is 22.7 Å². The van der Waals surface area contributed by atoms with Crippen LogP contribution in [0.5, 0.6) is 5.75 Å². The highest BCUT2D eigenvalue weighted by Crippen LogP contribution is 2.26. The van der Waals surface area contributed by atoms with Crippen LogP contribution in [-0.2, 0) is 11.3 Å². The van der Waals surface area contributed by atoms with Crippen molar-refractivity contribution in [3.63, 3.8) is 0 Å². The van der Waals surface area contributed by atoms with Crippen LogP contribution in [0.3, 0.4) is 0 Å². The molecule has 3 aromatic rings. The second kappa shape index (κ2) is 12.5. The van der Waals surface area contributed by atoms with Crippen LogP contribution in [0.15, 0.2) is 42.6 Å². The Bertz CT molecular complexity index is 1280. The molecule has 4 heterocycles. The van der Waals surface area contributed by atoms with Crippen molar-refractivity contribution in [2.75, 3.05) is 48.3 Å². The van der Waals surface area contributed by atoms with Crippen LogP contribution in [0.1, 0.15) is 25.8 Å². The Morgan fingerprint density at radius 1 is 1.05 bits per heavy atom. The number of rotatable bonds is 9. The summed E-state index contributed by atoms with van der Waals surface area (Å²) in [7, 11) is 0. The van der Waals surface area contributed by atoms with E-state index in [-0.39, 0.29) is 36.3 Å². The minimum Gasteiger partial charge on any atom is -0.406 e. The van der Waals surface area contributed by atoms with Crippen molar-refractivity contribution in [2.24, 2.45) is 0 Å². The number of hydrogen-bond donors (Lipinski definition) is 2. The molecule has 15 heteroatoms. The molecule has 1 amide bonds. The lowest BCUT2D eigenvalue weighted by atomic mass is 10.1. The largest absolute Gasteiger partial charge is 0.573 e. The van der Waals surface area contributed by atoms with Gasteiger partial charge in [0.15, 0.2) is 5.82 Å². The van der Waals surface area contributed by atoms with Gasteiger partial charge in [0.25, 0.3) is 0 Å². The first-order valence-electron chi connectivity index (χ1n) is 13.4. The zero-order valence-electron chi connectivity index (χ0n) is 22.7. The fourth-order valence-electron chi connectivity index (χ4n) is 5.33. The third-order valence-corrected chi connectivity index (χ3v) is 7.91. The maximum atomic E-state index is 12.8. The van der Waals surface area contributed by atoms with E-state index in [2.05, 4.69) is 64.3 Å². The summed E-state index contributed by atoms with van der Waals surface area (Å²) in [6, 6.07) is 10.2. The number of aromatic nitrogens is 4. The minimum absolute atomic E-state index is 0.142. The van der Waals surface area contributed by atoms with Gasteiger partial charge in [-0.2, -0.15) is 5.10 Å². The quantitative estimate of drug-likeness (QED) is 0.384. The first kappa shape index (κ1) is 29.0. The lowest BCUT2D eigenvalue weighted by molar-refractivity contribution is -0.274. The van der Waals surface area contributed by atoms with Crippen molar-refractivity contribution in [3.8, 4) is 5.75 Å². The Kier molecular flexibility index (Phi) is 8.85. The van der Waals surface area contributed by atoms with Gasteiger partial charge in [0.2, 0.25) is 16.2 Å². The monoisotopic (exact) mass is 591 g/mol. The molecule has 1 aromatic carbocycles. The number of carbonyl (C=O) groups is 1. The molecule has 0 saturated carbocycles. The van der Waals surface area contributed by atoms with E-state index in [1.54, 1.807) is 18.3 Å². The van der Waals surface area contributed by atoms with Crippen LogP contribution in [-0.4, -0.2) is 93.3 Å². The Labute approximate surface area is 239 Å². The number of halogens is 3. The van der Waals surface area contributed by atoms with E-state index in [0.29, 0.717) is 29.9 Å². The summed E-state index contributed by atoms with van der Waals surface area (Å²) in [5.74, 6) is 0.454. The molecule has 0 aliphatic carbocycles. The Morgan fingerprint density at radius 2 is 1.78 bits per heavy atom. The number of anilines is 3. The number of amides is 1. The number of hydrogen-bond acceptors (Lipinski definition) is 11. The second-order valence-corrected chi connectivity index (χ2v) is 11.4. The summed E-state index contributed by atoms with van der Waals surface area (Å²) in [4.78, 5) is 19.3. The highest BCUT2D eigenvalue weighted by Gasteiger charge is 2.32. The topological polar surface area (TPSA) is 112 Å². The number of benzene rings is 1. The van der Waals surface area contributed by atoms with Gasteiger partial charge >= 0.3 is 6.36 Å². The predicted molar refractivity (Wildman–Crippen MR) is 149 cm³/mol. The Morgan fingerprint density at radius 3 is 2.46 bits per heavy atom. The van der Waals surface area contributed by atoms with Crippen LogP contribution in [0.2, 0.25) is 0 Å². The molecule has 2 fully saturated rings. The molecule has 0 spiro atoms. The predicted octanol–water partition coefficient (Wildman–Crippen LogP) is 3.45. The molecule has 2 aromatic heterocycles. The number of ether oxygens (including phenoxy) is 1. The molecule has 2 saturated heterocycles. The van der Waals surface area contributed by atoms with Crippen LogP contribution in [0.4, 0.5) is 29.3 Å². The number of carbonyl (C=O) groups excluding carboxylic acids is 1. The lowest BCUT2D eigenvalue weighted by Gasteiger charge is -2.44. The first-order chi connectivity index (χ1) is 19.6. The normalized spacial score (nSPS) is 22.1. The molecule has 2 aliphatic heterocycles. The average molecular weight is 592 g/mol. The van der Waals surface area contributed by atoms with Gasteiger partial charge in [-0.15, -0.1) is 28.5 Å². The molecular weight excluding hydrogens is 559 g/mol. The molecule has 220 valence electrons. The number of piperazine rings is 1. The molecule has 41 heavy (non-hydrogen) atoms. The standard InChI is InChI=1S/C26H32F3N9O2S/c1-17-12-36(13-18(2)38(17)14-19-5-7-21(8-6-19)40-26(27,28)29)16-23(39)32-25-35-34-24(41-25)31-20-9-11-37(15-20)22-4-3-10-30-33-22/h3-8,10,17-18,20H,9,11-16H2,1-2H3,(H,31,34)(H,32,35,39)/t17-,18+,20-/m1/s1. The second-order valence-electron chi connectivity index (χ2n) is 10.4. The van der Waals surface area contributed by atoms with Crippen molar-refractivity contribution in [3.05, 3.63) is 48.2 Å². The van der Waals surface area contributed by atoms with E-state index in [4.69, 9.17) is 0 Å². The van der Waals surface area contributed by atoms with Gasteiger partial charge in [0, 0.05) is 57.0 Å². The summed E-state index contributed by atoms with van der Waals surface area (Å²) in [6.45, 7) is 7.99. The van der Waals surface area contributed by atoms with Crippen molar-refractivity contribution >= 4 is 33.3 Å². The summed E-state index contributed by atoms with van der Waals surface area (Å²) in [5.41, 5.74) is 0.893. The van der Waals surface area contributed by atoms with Crippen LogP contribution in [0, 0.1) is 0 Å². The zero-order valence-corrected chi connectivity index (χ0v) is 23.5. The molecule has 2 aliphatic rings. The molecule has 0 unspecified atom stereocenters. The van der Waals surface area contributed by atoms with Gasteiger partial charge < -0.3 is 15.0 Å². The van der Waals surface area contributed by atoms with Gasteiger partial charge in [0.1, 0.15) is 5.75 Å². The van der Waals surface area contributed by atoms with Gasteiger partial charge in [-0.25, -0.2) is 0 Å². The van der Waals surface area contributed by atoms with E-state index in [1.807, 2.05) is 12.1 Å². The van der Waals surface area contributed by atoms with Crippen LogP contribution < -0.4 is 20.3 Å². The van der Waals surface area contributed by atoms with Crippen molar-refractivity contribution in [1.29, 1.82) is 0 Å². The van der Waals surface area contributed by atoms with Crippen molar-refractivity contribution in [2.45, 2.75) is 51.3 Å². The molecule has 11 nitrogen and oxygen atoms in total. The van der Waals surface area contributed by atoms with E-state index >= 15 is 0 Å². The van der Waals surface area contributed by atoms with Crippen LogP contribution in [0.25, 0.3) is 0 Å². The number of nitrogens with zero attached hydrogens (tertiary/aromatic N) is 7.